The molecular weight excluding hydrogens is 156 g/mol. The van der Waals surface area contributed by atoms with Gasteiger partial charge in [0.1, 0.15) is 6.10 Å². The zero-order valence-corrected chi connectivity index (χ0v) is 7.25. The first kappa shape index (κ1) is 9.26. The summed E-state index contributed by atoms with van der Waals surface area (Å²) in [5.74, 6) is -0.366. The molecule has 0 saturated carbocycles. The first-order valence-electron chi connectivity index (χ1n) is 4.22. The number of cyclic esters (lactones) is 1. The minimum atomic E-state index is -0.529. The van der Waals surface area contributed by atoms with Crippen molar-refractivity contribution in [1.29, 1.82) is 0 Å². The van der Waals surface area contributed by atoms with Gasteiger partial charge in [-0.15, -0.1) is 0 Å². The molecule has 1 fully saturated rings. The van der Waals surface area contributed by atoms with Crippen LogP contribution in [0.1, 0.15) is 26.2 Å². The lowest BCUT2D eigenvalue weighted by molar-refractivity contribution is -0.143. The third-order valence-corrected chi connectivity index (χ3v) is 2.01. The molecule has 1 aliphatic heterocycles. The second kappa shape index (κ2) is 3.72. The molecule has 2 atom stereocenters. The Morgan fingerprint density at radius 2 is 2.50 bits per heavy atom. The predicted octanol–water partition coefficient (Wildman–Crippen LogP) is 1.02. The van der Waals surface area contributed by atoms with Crippen LogP contribution in [-0.2, 0) is 9.53 Å². The number of ether oxygens (including phenoxy) is 1. The highest BCUT2D eigenvalue weighted by Gasteiger charge is 2.32. The molecular formula is C9H14O3. The van der Waals surface area contributed by atoms with Gasteiger partial charge >= 0.3 is 5.97 Å². The van der Waals surface area contributed by atoms with Crippen LogP contribution in [0.25, 0.3) is 0 Å². The second-order valence-electron chi connectivity index (χ2n) is 3.11. The van der Waals surface area contributed by atoms with Crippen LogP contribution in [0.15, 0.2) is 12.2 Å². The van der Waals surface area contributed by atoms with Crippen molar-refractivity contribution in [2.45, 2.75) is 38.4 Å². The lowest BCUT2D eigenvalue weighted by Crippen LogP contribution is -2.25. The van der Waals surface area contributed by atoms with Crippen LogP contribution in [-0.4, -0.2) is 23.3 Å². The Morgan fingerprint density at radius 3 is 2.92 bits per heavy atom. The highest BCUT2D eigenvalue weighted by atomic mass is 16.6. The monoisotopic (exact) mass is 170 g/mol. The van der Waals surface area contributed by atoms with E-state index in [1.807, 2.05) is 6.92 Å². The van der Waals surface area contributed by atoms with Crippen LogP contribution in [0.4, 0.5) is 0 Å². The number of carbonyl (C=O) groups excluding carboxylic acids is 1. The van der Waals surface area contributed by atoms with E-state index in [-0.39, 0.29) is 12.1 Å². The molecule has 1 N–H and O–H groups in total. The van der Waals surface area contributed by atoms with Crippen molar-refractivity contribution in [2.24, 2.45) is 0 Å². The van der Waals surface area contributed by atoms with Gasteiger partial charge in [-0.2, -0.15) is 0 Å². The molecule has 1 aliphatic rings. The SMILES string of the molecule is C=C1C[C@H]([C@H](O)CCC)OC1=O. The molecule has 0 aliphatic carbocycles. The van der Waals surface area contributed by atoms with Crippen molar-refractivity contribution in [3.63, 3.8) is 0 Å². The van der Waals surface area contributed by atoms with Gasteiger partial charge < -0.3 is 9.84 Å². The van der Waals surface area contributed by atoms with Crippen LogP contribution in [0, 0.1) is 0 Å². The number of aliphatic hydroxyl groups is 1. The fraction of sp³-hybridized carbons (Fsp3) is 0.667. The summed E-state index contributed by atoms with van der Waals surface area (Å²) in [6, 6.07) is 0. The number of aliphatic hydroxyl groups excluding tert-OH is 1. The molecule has 0 spiro atoms. The quantitative estimate of drug-likeness (QED) is 0.508. The number of carbonyl (C=O) groups is 1. The Labute approximate surface area is 72.0 Å². The lowest BCUT2D eigenvalue weighted by atomic mass is 10.1. The molecule has 1 saturated heterocycles. The Kier molecular flexibility index (Phi) is 2.87. The summed E-state index contributed by atoms with van der Waals surface area (Å²) < 4.78 is 4.90. The van der Waals surface area contributed by atoms with E-state index in [0.717, 1.165) is 6.42 Å². The molecule has 1 rings (SSSR count). The first-order valence-corrected chi connectivity index (χ1v) is 4.22. The molecule has 1 heterocycles. The van der Waals surface area contributed by atoms with Gasteiger partial charge in [-0.25, -0.2) is 4.79 Å². The maximum atomic E-state index is 10.9. The molecule has 0 aromatic carbocycles. The molecule has 0 amide bonds. The van der Waals surface area contributed by atoms with E-state index in [1.165, 1.54) is 0 Å². The number of rotatable bonds is 3. The van der Waals surface area contributed by atoms with Gasteiger partial charge in [0.15, 0.2) is 0 Å². The van der Waals surface area contributed by atoms with Crippen molar-refractivity contribution >= 4 is 5.97 Å². The highest BCUT2D eigenvalue weighted by molar-refractivity contribution is 5.89. The van der Waals surface area contributed by atoms with Crippen LogP contribution in [0.5, 0.6) is 0 Å². The second-order valence-corrected chi connectivity index (χ2v) is 3.11. The summed E-state index contributed by atoms with van der Waals surface area (Å²) >= 11 is 0. The van der Waals surface area contributed by atoms with E-state index in [1.54, 1.807) is 0 Å². The molecule has 0 bridgehead atoms. The Bertz CT molecular complexity index is 182. The molecule has 12 heavy (non-hydrogen) atoms. The summed E-state index contributed by atoms with van der Waals surface area (Å²) in [6.07, 6.45) is 1.15. The van der Waals surface area contributed by atoms with Gasteiger partial charge in [0.05, 0.1) is 6.10 Å². The maximum Gasteiger partial charge on any atom is 0.333 e. The minimum absolute atomic E-state index is 0.357. The van der Waals surface area contributed by atoms with Crippen molar-refractivity contribution in [3.8, 4) is 0 Å². The normalized spacial score (nSPS) is 25.7. The maximum absolute atomic E-state index is 10.9. The van der Waals surface area contributed by atoms with Crippen molar-refractivity contribution in [2.75, 3.05) is 0 Å². The molecule has 3 nitrogen and oxygen atoms in total. The summed E-state index contributed by atoms with van der Waals surface area (Å²) in [7, 11) is 0. The number of esters is 1. The van der Waals surface area contributed by atoms with Gasteiger partial charge in [-0.3, -0.25) is 0 Å². The molecule has 0 aromatic heterocycles. The number of hydrogen-bond donors (Lipinski definition) is 1. The van der Waals surface area contributed by atoms with E-state index < -0.39 is 6.10 Å². The standard InChI is InChI=1S/C9H14O3/c1-3-4-7(10)8-5-6(2)9(11)12-8/h7-8,10H,2-5H2,1H3/t7-,8-/m1/s1. The third kappa shape index (κ3) is 1.85. The molecule has 0 aromatic rings. The molecule has 0 radical (unpaired) electrons. The summed E-state index contributed by atoms with van der Waals surface area (Å²) in [4.78, 5) is 10.9. The first-order chi connectivity index (χ1) is 5.65. The molecule has 0 unspecified atom stereocenters. The Balaban J connectivity index is 2.45. The Morgan fingerprint density at radius 1 is 1.83 bits per heavy atom. The summed E-state index contributed by atoms with van der Waals surface area (Å²) in [5, 5.41) is 9.47. The van der Waals surface area contributed by atoms with Crippen LogP contribution >= 0.6 is 0 Å². The molecule has 3 heteroatoms. The van der Waals surface area contributed by atoms with Gasteiger partial charge in [-0.05, 0) is 6.42 Å². The molecule has 68 valence electrons. The van der Waals surface area contributed by atoms with E-state index in [0.29, 0.717) is 18.4 Å². The zero-order chi connectivity index (χ0) is 9.14. The van der Waals surface area contributed by atoms with Gasteiger partial charge in [0, 0.05) is 12.0 Å². The zero-order valence-electron chi connectivity index (χ0n) is 7.25. The van der Waals surface area contributed by atoms with Crippen LogP contribution in [0.3, 0.4) is 0 Å². The topological polar surface area (TPSA) is 46.5 Å². The average Bonchev–Trinajstić information content (AvgIpc) is 2.33. The lowest BCUT2D eigenvalue weighted by Gasteiger charge is -2.14. The highest BCUT2D eigenvalue weighted by Crippen LogP contribution is 2.22. The predicted molar refractivity (Wildman–Crippen MR) is 44.6 cm³/mol. The Hall–Kier alpha value is -0.830. The van der Waals surface area contributed by atoms with Gasteiger partial charge in [-0.1, -0.05) is 19.9 Å². The van der Waals surface area contributed by atoms with Crippen molar-refractivity contribution in [3.05, 3.63) is 12.2 Å². The smallest absolute Gasteiger partial charge is 0.333 e. The van der Waals surface area contributed by atoms with E-state index in [9.17, 15) is 9.90 Å². The largest absolute Gasteiger partial charge is 0.456 e. The van der Waals surface area contributed by atoms with Gasteiger partial charge in [0.2, 0.25) is 0 Å². The van der Waals surface area contributed by atoms with Crippen molar-refractivity contribution in [1.82, 2.24) is 0 Å². The minimum Gasteiger partial charge on any atom is -0.456 e. The summed E-state index contributed by atoms with van der Waals surface area (Å²) in [5.41, 5.74) is 0.468. The number of hydrogen-bond acceptors (Lipinski definition) is 3. The summed E-state index contributed by atoms with van der Waals surface area (Å²) in [6.45, 7) is 5.52. The van der Waals surface area contributed by atoms with Crippen LogP contribution < -0.4 is 0 Å². The van der Waals surface area contributed by atoms with E-state index >= 15 is 0 Å². The van der Waals surface area contributed by atoms with Gasteiger partial charge in [0.25, 0.3) is 0 Å². The van der Waals surface area contributed by atoms with E-state index in [2.05, 4.69) is 6.58 Å². The fourth-order valence-corrected chi connectivity index (χ4v) is 1.28. The van der Waals surface area contributed by atoms with E-state index in [4.69, 9.17) is 4.74 Å². The average molecular weight is 170 g/mol. The fourth-order valence-electron chi connectivity index (χ4n) is 1.28. The van der Waals surface area contributed by atoms with Crippen LogP contribution in [0.2, 0.25) is 0 Å². The third-order valence-electron chi connectivity index (χ3n) is 2.01. The van der Waals surface area contributed by atoms with Crippen molar-refractivity contribution < 1.29 is 14.6 Å².